The number of amides is 3. The number of anilines is 2. The zero-order valence-electron chi connectivity index (χ0n) is 11.1. The lowest BCUT2D eigenvalue weighted by Crippen LogP contribution is -2.45. The Balaban J connectivity index is 2.85. The van der Waals surface area contributed by atoms with Crippen LogP contribution in [0.3, 0.4) is 0 Å². The summed E-state index contributed by atoms with van der Waals surface area (Å²) in [4.78, 5) is 36.1. The summed E-state index contributed by atoms with van der Waals surface area (Å²) in [6.45, 7) is 1.49. The lowest BCUT2D eigenvalue weighted by atomic mass is 10.2. The van der Waals surface area contributed by atoms with Gasteiger partial charge < -0.3 is 11.1 Å². The van der Waals surface area contributed by atoms with Gasteiger partial charge in [-0.15, -0.1) is 11.6 Å². The van der Waals surface area contributed by atoms with Crippen LogP contribution in [0.25, 0.3) is 0 Å². The highest BCUT2D eigenvalue weighted by Gasteiger charge is 2.26. The van der Waals surface area contributed by atoms with Crippen molar-refractivity contribution in [2.45, 2.75) is 13.3 Å². The smallest absolute Gasteiger partial charge is 0.323 e. The molecule has 0 saturated carbocycles. The number of nitrogens with two attached hydrogens (primary N) is 1. The maximum atomic E-state index is 12.0. The van der Waals surface area contributed by atoms with Gasteiger partial charge >= 0.3 is 11.8 Å². The van der Waals surface area contributed by atoms with Gasteiger partial charge in [-0.2, -0.15) is 0 Å². The molecule has 1 aromatic rings. The van der Waals surface area contributed by atoms with Gasteiger partial charge in [0, 0.05) is 25.0 Å². The second-order valence-corrected chi connectivity index (χ2v) is 4.43. The molecule has 1 aromatic carbocycles. The largest absolute Gasteiger partial charge is 0.399 e. The van der Waals surface area contributed by atoms with E-state index in [2.05, 4.69) is 5.32 Å². The molecule has 108 valence electrons. The maximum Gasteiger partial charge on any atom is 0.323 e. The van der Waals surface area contributed by atoms with Gasteiger partial charge in [0.1, 0.15) is 0 Å². The third-order valence-electron chi connectivity index (χ3n) is 2.46. The number of nitrogen functional groups attached to an aromatic ring is 1. The first-order valence-electron chi connectivity index (χ1n) is 6.01. The molecule has 6 nitrogen and oxygen atoms in total. The molecule has 3 amide bonds. The Morgan fingerprint density at radius 1 is 1.25 bits per heavy atom. The van der Waals surface area contributed by atoms with Gasteiger partial charge in [-0.3, -0.25) is 14.4 Å². The zero-order chi connectivity index (χ0) is 15.1. The number of carbonyl (C=O) groups is 3. The zero-order valence-corrected chi connectivity index (χ0v) is 11.8. The van der Waals surface area contributed by atoms with Crippen LogP contribution in [-0.2, 0) is 14.4 Å². The first kappa shape index (κ1) is 16.0. The predicted molar refractivity (Wildman–Crippen MR) is 77.4 cm³/mol. The molecule has 0 unspecified atom stereocenters. The van der Waals surface area contributed by atoms with Crippen molar-refractivity contribution in [1.82, 2.24) is 5.32 Å². The van der Waals surface area contributed by atoms with E-state index in [1.165, 1.54) is 19.1 Å². The molecular formula is C13H16ClN3O3. The summed E-state index contributed by atoms with van der Waals surface area (Å²) in [6.07, 6.45) is 0.544. The van der Waals surface area contributed by atoms with Crippen LogP contribution in [0.2, 0.25) is 0 Å². The molecule has 1 rings (SSSR count). The minimum absolute atomic E-state index is 0.279. The number of benzene rings is 1. The topological polar surface area (TPSA) is 92.5 Å². The van der Waals surface area contributed by atoms with Gasteiger partial charge in [-0.25, -0.2) is 4.90 Å². The monoisotopic (exact) mass is 297 g/mol. The Morgan fingerprint density at radius 3 is 2.35 bits per heavy atom. The molecule has 7 heteroatoms. The van der Waals surface area contributed by atoms with E-state index in [9.17, 15) is 14.4 Å². The number of rotatable bonds is 4. The Hall–Kier alpha value is -2.08. The van der Waals surface area contributed by atoms with Gasteiger partial charge in [-0.1, -0.05) is 0 Å². The van der Waals surface area contributed by atoms with Crippen LogP contribution in [0.4, 0.5) is 11.4 Å². The molecule has 0 saturated heterocycles. The number of imide groups is 1. The third-order valence-corrected chi connectivity index (χ3v) is 2.73. The summed E-state index contributed by atoms with van der Waals surface area (Å²) in [6, 6.07) is 6.09. The van der Waals surface area contributed by atoms with E-state index in [1.54, 1.807) is 12.1 Å². The lowest BCUT2D eigenvalue weighted by molar-refractivity contribution is -0.139. The van der Waals surface area contributed by atoms with E-state index in [0.29, 0.717) is 23.7 Å². The summed E-state index contributed by atoms with van der Waals surface area (Å²) >= 11 is 5.48. The first-order chi connectivity index (χ1) is 9.47. The fourth-order valence-electron chi connectivity index (χ4n) is 1.51. The number of nitrogens with one attached hydrogen (secondary N) is 1. The molecule has 0 spiro atoms. The van der Waals surface area contributed by atoms with Gasteiger partial charge in [0.2, 0.25) is 5.91 Å². The van der Waals surface area contributed by atoms with E-state index in [4.69, 9.17) is 17.3 Å². The van der Waals surface area contributed by atoms with Crippen LogP contribution in [0.5, 0.6) is 0 Å². The van der Waals surface area contributed by atoms with Crippen molar-refractivity contribution in [2.75, 3.05) is 23.1 Å². The number of nitrogens with zero attached hydrogens (tertiary/aromatic N) is 1. The van der Waals surface area contributed by atoms with E-state index < -0.39 is 17.7 Å². The Kier molecular flexibility index (Phi) is 5.99. The maximum absolute atomic E-state index is 12.0. The number of hydrogen-bond acceptors (Lipinski definition) is 4. The summed E-state index contributed by atoms with van der Waals surface area (Å²) in [7, 11) is 0. The van der Waals surface area contributed by atoms with E-state index in [0.717, 1.165) is 4.90 Å². The molecule has 0 heterocycles. The highest BCUT2D eigenvalue weighted by Crippen LogP contribution is 2.16. The van der Waals surface area contributed by atoms with Crippen molar-refractivity contribution in [2.24, 2.45) is 0 Å². The van der Waals surface area contributed by atoms with Crippen LogP contribution < -0.4 is 16.0 Å². The van der Waals surface area contributed by atoms with Crippen molar-refractivity contribution in [3.05, 3.63) is 24.3 Å². The third kappa shape index (κ3) is 4.24. The Labute approximate surface area is 121 Å². The summed E-state index contributed by atoms with van der Waals surface area (Å²) in [5.41, 5.74) is 6.33. The number of hydrogen-bond donors (Lipinski definition) is 2. The summed E-state index contributed by atoms with van der Waals surface area (Å²) < 4.78 is 0. The SMILES string of the molecule is CC(=O)N(C(=O)C(=O)NCCCCl)c1ccc(N)cc1. The normalized spacial score (nSPS) is 9.90. The van der Waals surface area contributed by atoms with E-state index in [1.807, 2.05) is 0 Å². The van der Waals surface area contributed by atoms with Crippen molar-refractivity contribution < 1.29 is 14.4 Å². The second kappa shape index (κ2) is 7.49. The minimum atomic E-state index is -0.933. The van der Waals surface area contributed by atoms with Crippen molar-refractivity contribution >= 4 is 40.7 Å². The summed E-state index contributed by atoms with van der Waals surface area (Å²) in [5, 5.41) is 2.41. The Bertz CT molecular complexity index is 502. The lowest BCUT2D eigenvalue weighted by Gasteiger charge is -2.18. The van der Waals surface area contributed by atoms with Crippen molar-refractivity contribution in [3.8, 4) is 0 Å². The van der Waals surface area contributed by atoms with E-state index >= 15 is 0 Å². The van der Waals surface area contributed by atoms with Gasteiger partial charge in [0.25, 0.3) is 0 Å². The highest BCUT2D eigenvalue weighted by atomic mass is 35.5. The van der Waals surface area contributed by atoms with Crippen molar-refractivity contribution in [1.29, 1.82) is 0 Å². The molecule has 0 aliphatic rings. The van der Waals surface area contributed by atoms with Gasteiger partial charge in [-0.05, 0) is 30.7 Å². The average Bonchev–Trinajstić information content (AvgIpc) is 2.41. The van der Waals surface area contributed by atoms with Crippen molar-refractivity contribution in [3.63, 3.8) is 0 Å². The van der Waals surface area contributed by atoms with E-state index in [-0.39, 0.29) is 6.54 Å². The van der Waals surface area contributed by atoms with Crippen LogP contribution in [0.1, 0.15) is 13.3 Å². The molecule has 0 aromatic heterocycles. The first-order valence-corrected chi connectivity index (χ1v) is 6.55. The molecule has 0 aliphatic carbocycles. The summed E-state index contributed by atoms with van der Waals surface area (Å²) in [5.74, 6) is -1.95. The predicted octanol–water partition coefficient (Wildman–Crippen LogP) is 0.893. The van der Waals surface area contributed by atoms with Gasteiger partial charge in [0.05, 0.1) is 5.69 Å². The standard InChI is InChI=1S/C13H16ClN3O3/c1-9(18)17(11-5-3-10(15)4-6-11)13(20)12(19)16-8-2-7-14/h3-6H,2,7-8,15H2,1H3,(H,16,19). The molecule has 0 radical (unpaired) electrons. The highest BCUT2D eigenvalue weighted by molar-refractivity contribution is 6.45. The molecule has 0 fully saturated rings. The number of alkyl halides is 1. The number of halogens is 1. The van der Waals surface area contributed by atoms with Gasteiger partial charge in [0.15, 0.2) is 0 Å². The average molecular weight is 298 g/mol. The number of carbonyl (C=O) groups excluding carboxylic acids is 3. The fourth-order valence-corrected chi connectivity index (χ4v) is 1.64. The quantitative estimate of drug-likeness (QED) is 0.374. The van der Waals surface area contributed by atoms with Crippen LogP contribution >= 0.6 is 11.6 Å². The Morgan fingerprint density at radius 2 is 1.85 bits per heavy atom. The molecule has 0 bridgehead atoms. The minimum Gasteiger partial charge on any atom is -0.399 e. The van der Waals surface area contributed by atoms with Crippen LogP contribution in [-0.4, -0.2) is 30.1 Å². The molecule has 0 atom stereocenters. The molecular weight excluding hydrogens is 282 g/mol. The second-order valence-electron chi connectivity index (χ2n) is 4.05. The van der Waals surface area contributed by atoms with Crippen LogP contribution in [0.15, 0.2) is 24.3 Å². The molecule has 3 N–H and O–H groups in total. The molecule has 0 aliphatic heterocycles. The fraction of sp³-hybridized carbons (Fsp3) is 0.308. The van der Waals surface area contributed by atoms with Crippen LogP contribution in [0, 0.1) is 0 Å². The molecule has 20 heavy (non-hydrogen) atoms.